The zero-order valence-electron chi connectivity index (χ0n) is 15.5. The minimum atomic E-state index is -1.07. The molecule has 0 heterocycles. The lowest BCUT2D eigenvalue weighted by Gasteiger charge is -2.21. The van der Waals surface area contributed by atoms with Gasteiger partial charge in [0.2, 0.25) is 0 Å². The number of unbranched alkanes of at least 4 members (excludes halogenated alkanes) is 1. The van der Waals surface area contributed by atoms with E-state index >= 15 is 0 Å². The van der Waals surface area contributed by atoms with Crippen LogP contribution < -0.4 is 5.73 Å². The van der Waals surface area contributed by atoms with Crippen LogP contribution in [0.2, 0.25) is 0 Å². The van der Waals surface area contributed by atoms with Crippen molar-refractivity contribution >= 4 is 18.0 Å². The first-order chi connectivity index (χ1) is 13.5. The second kappa shape index (κ2) is 10.8. The number of imide groups is 1. The van der Waals surface area contributed by atoms with Gasteiger partial charge in [-0.2, -0.15) is 0 Å². The van der Waals surface area contributed by atoms with Crippen molar-refractivity contribution in [1.82, 2.24) is 4.90 Å². The third-order valence-corrected chi connectivity index (χ3v) is 4.16. The summed E-state index contributed by atoms with van der Waals surface area (Å²) in [5.74, 6) is -1.53. The minimum absolute atomic E-state index is 0.0577. The Hall–Kier alpha value is -3.19. The van der Waals surface area contributed by atoms with Crippen LogP contribution in [0.15, 0.2) is 60.7 Å². The van der Waals surface area contributed by atoms with Gasteiger partial charge in [-0.05, 0) is 37.0 Å². The van der Waals surface area contributed by atoms with Crippen LogP contribution in [0.3, 0.4) is 0 Å². The molecule has 2 rings (SSSR count). The lowest BCUT2D eigenvalue weighted by atomic mass is 10.1. The van der Waals surface area contributed by atoms with E-state index in [-0.39, 0.29) is 19.6 Å². The Balaban J connectivity index is 1.99. The lowest BCUT2D eigenvalue weighted by Crippen LogP contribution is -2.38. The molecule has 0 unspecified atom stereocenters. The van der Waals surface area contributed by atoms with Crippen molar-refractivity contribution in [3.63, 3.8) is 0 Å². The summed E-state index contributed by atoms with van der Waals surface area (Å²) in [5.41, 5.74) is 6.68. The Morgan fingerprint density at radius 3 is 2.18 bits per heavy atom. The molecule has 148 valence electrons. The largest absolute Gasteiger partial charge is 0.480 e. The van der Waals surface area contributed by atoms with E-state index in [0.29, 0.717) is 18.4 Å². The average Bonchev–Trinajstić information content (AvgIpc) is 2.72. The Bertz CT molecular complexity index is 780. The third-order valence-electron chi connectivity index (χ3n) is 4.16. The summed E-state index contributed by atoms with van der Waals surface area (Å²) in [4.78, 5) is 37.1. The van der Waals surface area contributed by atoms with E-state index < -0.39 is 24.0 Å². The predicted molar refractivity (Wildman–Crippen MR) is 104 cm³/mol. The normalized spacial score (nSPS) is 11.5. The molecule has 2 aromatic rings. The van der Waals surface area contributed by atoms with Crippen LogP contribution in [-0.4, -0.2) is 40.6 Å². The Morgan fingerprint density at radius 2 is 1.57 bits per heavy atom. The van der Waals surface area contributed by atoms with Crippen LogP contribution >= 0.6 is 0 Å². The van der Waals surface area contributed by atoms with Gasteiger partial charge in [0.15, 0.2) is 0 Å². The number of amides is 2. The van der Waals surface area contributed by atoms with Crippen LogP contribution in [0, 0.1) is 0 Å². The smallest absolute Gasteiger partial charge is 0.417 e. The molecule has 0 aliphatic carbocycles. The number of benzene rings is 2. The molecule has 28 heavy (non-hydrogen) atoms. The van der Waals surface area contributed by atoms with Crippen LogP contribution in [0.1, 0.15) is 35.2 Å². The van der Waals surface area contributed by atoms with E-state index in [4.69, 9.17) is 15.6 Å². The molecule has 0 bridgehead atoms. The van der Waals surface area contributed by atoms with E-state index in [1.165, 1.54) is 0 Å². The number of carbonyl (C=O) groups is 3. The molecule has 0 saturated heterocycles. The molecule has 7 nitrogen and oxygen atoms in total. The van der Waals surface area contributed by atoms with Gasteiger partial charge in [-0.15, -0.1) is 0 Å². The zero-order valence-corrected chi connectivity index (χ0v) is 15.5. The minimum Gasteiger partial charge on any atom is -0.480 e. The van der Waals surface area contributed by atoms with E-state index in [2.05, 4.69) is 0 Å². The van der Waals surface area contributed by atoms with Crippen LogP contribution in [-0.2, 0) is 16.1 Å². The molecule has 3 N–H and O–H groups in total. The molecule has 1 atom stereocenters. The number of aliphatic carboxylic acids is 1. The molecule has 2 amide bonds. The second-order valence-corrected chi connectivity index (χ2v) is 6.30. The predicted octanol–water partition coefficient (Wildman–Crippen LogP) is 3.05. The maximum atomic E-state index is 12.7. The summed E-state index contributed by atoms with van der Waals surface area (Å²) in [7, 11) is 0. The molecule has 0 aliphatic heterocycles. The van der Waals surface area contributed by atoms with Gasteiger partial charge in [0, 0.05) is 12.1 Å². The molecule has 0 radical (unpaired) electrons. The highest BCUT2D eigenvalue weighted by Crippen LogP contribution is 2.11. The van der Waals surface area contributed by atoms with Gasteiger partial charge in [-0.25, -0.2) is 9.69 Å². The number of hydrogen-bond donors (Lipinski definition) is 2. The monoisotopic (exact) mass is 384 g/mol. The molecule has 7 heteroatoms. The number of carboxylic acid groups (broad SMARTS) is 1. The van der Waals surface area contributed by atoms with E-state index in [1.54, 1.807) is 30.3 Å². The van der Waals surface area contributed by atoms with Gasteiger partial charge in [-0.1, -0.05) is 48.5 Å². The van der Waals surface area contributed by atoms with Gasteiger partial charge in [0.05, 0.1) is 0 Å². The number of hydrogen-bond acceptors (Lipinski definition) is 5. The zero-order chi connectivity index (χ0) is 20.4. The molecular formula is C21H24N2O5. The number of rotatable bonds is 9. The molecule has 2 aromatic carbocycles. The number of carbonyl (C=O) groups excluding carboxylic acids is 2. The van der Waals surface area contributed by atoms with Crippen LogP contribution in [0.4, 0.5) is 4.79 Å². The van der Waals surface area contributed by atoms with Crippen molar-refractivity contribution < 1.29 is 24.2 Å². The number of carboxylic acids is 1. The fourth-order valence-corrected chi connectivity index (χ4v) is 2.57. The summed E-state index contributed by atoms with van der Waals surface area (Å²) in [6.45, 7) is 0.176. The molecule has 0 aliphatic rings. The van der Waals surface area contributed by atoms with Crippen molar-refractivity contribution in [2.75, 3.05) is 6.54 Å². The fraction of sp³-hybridized carbons (Fsp3) is 0.286. The lowest BCUT2D eigenvalue weighted by molar-refractivity contribution is -0.138. The van der Waals surface area contributed by atoms with Gasteiger partial charge in [0.25, 0.3) is 5.91 Å². The number of nitrogens with two attached hydrogens (primary N) is 1. The van der Waals surface area contributed by atoms with Gasteiger partial charge >= 0.3 is 12.1 Å². The van der Waals surface area contributed by atoms with E-state index in [1.807, 2.05) is 30.3 Å². The topological polar surface area (TPSA) is 110 Å². The highest BCUT2D eigenvalue weighted by molar-refractivity contribution is 6.02. The quantitative estimate of drug-likeness (QED) is 0.643. The first-order valence-electron chi connectivity index (χ1n) is 9.05. The highest BCUT2D eigenvalue weighted by Gasteiger charge is 2.24. The summed E-state index contributed by atoms with van der Waals surface area (Å²) >= 11 is 0. The van der Waals surface area contributed by atoms with Crippen molar-refractivity contribution in [2.24, 2.45) is 5.73 Å². The number of ether oxygens (including phenoxy) is 1. The summed E-state index contributed by atoms with van der Waals surface area (Å²) in [6.07, 6.45) is 0.431. The Labute approximate surface area is 163 Å². The maximum Gasteiger partial charge on any atom is 0.417 e. The van der Waals surface area contributed by atoms with Crippen LogP contribution in [0.5, 0.6) is 0 Å². The van der Waals surface area contributed by atoms with Gasteiger partial charge in [-0.3, -0.25) is 9.59 Å². The summed E-state index contributed by atoms with van der Waals surface area (Å²) in [5, 5.41) is 8.83. The number of nitrogens with zero attached hydrogens (tertiary/aromatic N) is 1. The van der Waals surface area contributed by atoms with Crippen molar-refractivity contribution in [3.05, 3.63) is 71.8 Å². The molecule has 0 saturated carbocycles. The third kappa shape index (κ3) is 6.51. The van der Waals surface area contributed by atoms with Gasteiger partial charge in [0.1, 0.15) is 12.6 Å². The van der Waals surface area contributed by atoms with Gasteiger partial charge < -0.3 is 15.6 Å². The Morgan fingerprint density at radius 1 is 0.964 bits per heavy atom. The van der Waals surface area contributed by atoms with Crippen molar-refractivity contribution in [3.8, 4) is 0 Å². The van der Waals surface area contributed by atoms with Crippen molar-refractivity contribution in [2.45, 2.75) is 31.9 Å². The molecule has 0 spiro atoms. The standard InChI is InChI=1S/C21H24N2O5/c22-18(20(25)26)13-7-8-14-23(19(24)17-11-5-2-6-12-17)21(27)28-15-16-9-3-1-4-10-16/h1-6,9-12,18H,7-8,13-15,22H2,(H,25,26)/t18-/m0/s1. The SMILES string of the molecule is N[C@@H](CCCCN(C(=O)OCc1ccccc1)C(=O)c1ccccc1)C(=O)O. The Kier molecular flexibility index (Phi) is 8.17. The fourth-order valence-electron chi connectivity index (χ4n) is 2.57. The van der Waals surface area contributed by atoms with E-state index in [0.717, 1.165) is 10.5 Å². The summed E-state index contributed by atoms with van der Waals surface area (Å²) < 4.78 is 5.30. The first-order valence-corrected chi connectivity index (χ1v) is 9.05. The molecule has 0 aromatic heterocycles. The maximum absolute atomic E-state index is 12.7. The highest BCUT2D eigenvalue weighted by atomic mass is 16.6. The molecule has 0 fully saturated rings. The van der Waals surface area contributed by atoms with Crippen molar-refractivity contribution in [1.29, 1.82) is 0 Å². The second-order valence-electron chi connectivity index (χ2n) is 6.30. The first kappa shape index (κ1) is 21.1. The molecular weight excluding hydrogens is 360 g/mol. The van der Waals surface area contributed by atoms with Crippen LogP contribution in [0.25, 0.3) is 0 Å². The summed E-state index contributed by atoms with van der Waals surface area (Å²) in [6, 6.07) is 16.7. The average molecular weight is 384 g/mol. The van der Waals surface area contributed by atoms with E-state index in [9.17, 15) is 14.4 Å².